The lowest BCUT2D eigenvalue weighted by molar-refractivity contribution is -0.165. The summed E-state index contributed by atoms with van der Waals surface area (Å²) in [6.45, 7) is 0. The number of carbonyl (C=O) groups is 3. The van der Waals surface area contributed by atoms with E-state index in [4.69, 9.17) is 11.6 Å². The summed E-state index contributed by atoms with van der Waals surface area (Å²) in [5.41, 5.74) is 0.471. The van der Waals surface area contributed by atoms with E-state index in [2.05, 4.69) is 0 Å². The quantitative estimate of drug-likeness (QED) is 0.658. The van der Waals surface area contributed by atoms with Crippen LogP contribution in [0, 0.1) is 5.41 Å². The molecule has 0 spiro atoms. The number of fused-ring (bicyclic) bond motifs is 3. The van der Waals surface area contributed by atoms with Crippen molar-refractivity contribution in [2.45, 2.75) is 19.3 Å². The van der Waals surface area contributed by atoms with Crippen LogP contribution in [0.4, 0.5) is 0 Å². The van der Waals surface area contributed by atoms with Crippen LogP contribution in [0.3, 0.4) is 0 Å². The van der Waals surface area contributed by atoms with Crippen molar-refractivity contribution in [1.29, 1.82) is 0 Å². The van der Waals surface area contributed by atoms with Crippen molar-refractivity contribution in [1.82, 2.24) is 4.57 Å². The maximum Gasteiger partial charge on any atom is 0.321 e. The van der Waals surface area contributed by atoms with Crippen molar-refractivity contribution < 1.29 is 24.6 Å². The van der Waals surface area contributed by atoms with Gasteiger partial charge >= 0.3 is 11.9 Å². The predicted molar refractivity (Wildman–Crippen MR) is 103 cm³/mol. The highest BCUT2D eigenvalue weighted by atomic mass is 35.5. The summed E-state index contributed by atoms with van der Waals surface area (Å²) < 4.78 is 1.57. The van der Waals surface area contributed by atoms with Gasteiger partial charge in [0.15, 0.2) is 5.41 Å². The highest BCUT2D eigenvalue weighted by Crippen LogP contribution is 2.41. The van der Waals surface area contributed by atoms with Gasteiger partial charge in [-0.05, 0) is 48.7 Å². The van der Waals surface area contributed by atoms with Crippen LogP contribution in [0.15, 0.2) is 48.5 Å². The van der Waals surface area contributed by atoms with E-state index in [1.165, 1.54) is 0 Å². The minimum Gasteiger partial charge on any atom is -0.480 e. The Hall–Kier alpha value is -3.12. The number of carboxylic acids is 2. The molecule has 0 bridgehead atoms. The molecule has 3 aromatic rings. The second kappa shape index (κ2) is 6.49. The lowest BCUT2D eigenvalue weighted by atomic mass is 9.72. The third kappa shape index (κ3) is 2.60. The number of benzene rings is 2. The summed E-state index contributed by atoms with van der Waals surface area (Å²) >= 11 is 5.91. The molecule has 0 radical (unpaired) electrons. The van der Waals surface area contributed by atoms with Crippen LogP contribution in [0.5, 0.6) is 0 Å². The van der Waals surface area contributed by atoms with Gasteiger partial charge < -0.3 is 10.2 Å². The topological polar surface area (TPSA) is 96.6 Å². The number of hydrogen-bond donors (Lipinski definition) is 2. The van der Waals surface area contributed by atoms with Crippen LogP contribution in [0.1, 0.15) is 28.0 Å². The minimum absolute atomic E-state index is 0.0745. The molecular formula is C21H16ClNO5. The summed E-state index contributed by atoms with van der Waals surface area (Å²) in [4.78, 5) is 36.8. The molecular weight excluding hydrogens is 382 g/mol. The fourth-order valence-corrected chi connectivity index (χ4v) is 4.08. The number of carbonyl (C=O) groups excluding carboxylic acids is 1. The van der Waals surface area contributed by atoms with E-state index in [9.17, 15) is 24.6 Å². The third-order valence-corrected chi connectivity index (χ3v) is 5.72. The number of halogens is 1. The molecule has 7 heteroatoms. The molecule has 1 aromatic heterocycles. The molecule has 1 aliphatic rings. The third-order valence-electron chi connectivity index (χ3n) is 5.47. The molecule has 0 amide bonds. The van der Waals surface area contributed by atoms with Crippen LogP contribution in [-0.2, 0) is 22.4 Å². The van der Waals surface area contributed by atoms with Gasteiger partial charge in [0.1, 0.15) is 0 Å². The van der Waals surface area contributed by atoms with Crippen LogP contribution >= 0.6 is 11.6 Å². The summed E-state index contributed by atoms with van der Waals surface area (Å²) in [5, 5.41) is 20.4. The first kappa shape index (κ1) is 18.3. The molecule has 142 valence electrons. The van der Waals surface area contributed by atoms with E-state index in [0.717, 1.165) is 0 Å². The van der Waals surface area contributed by atoms with Crippen molar-refractivity contribution in [3.63, 3.8) is 0 Å². The second-order valence-corrected chi connectivity index (χ2v) is 7.40. The summed E-state index contributed by atoms with van der Waals surface area (Å²) in [6.07, 6.45) is -0.0504. The number of para-hydroxylation sites is 1. The van der Waals surface area contributed by atoms with Crippen LogP contribution < -0.4 is 0 Å². The lowest BCUT2D eigenvalue weighted by Crippen LogP contribution is -2.44. The molecule has 2 aromatic carbocycles. The Labute approximate surface area is 165 Å². The molecule has 28 heavy (non-hydrogen) atoms. The van der Waals surface area contributed by atoms with Crippen molar-refractivity contribution in [3.8, 4) is 0 Å². The molecule has 4 rings (SSSR count). The monoisotopic (exact) mass is 397 g/mol. The molecule has 1 aliphatic carbocycles. The molecule has 6 nitrogen and oxygen atoms in total. The largest absolute Gasteiger partial charge is 0.480 e. The average Bonchev–Trinajstić information content (AvgIpc) is 3.01. The molecule has 0 saturated heterocycles. The first-order chi connectivity index (χ1) is 13.3. The molecule has 0 atom stereocenters. The van der Waals surface area contributed by atoms with E-state index in [1.54, 1.807) is 53.1 Å². The minimum atomic E-state index is -1.88. The van der Waals surface area contributed by atoms with Gasteiger partial charge in [-0.3, -0.25) is 19.0 Å². The van der Waals surface area contributed by atoms with Gasteiger partial charge in [0, 0.05) is 28.1 Å². The Bertz CT molecular complexity index is 1120. The van der Waals surface area contributed by atoms with Gasteiger partial charge in [0.05, 0.1) is 5.52 Å². The number of nitrogens with zero attached hydrogens (tertiary/aromatic N) is 1. The van der Waals surface area contributed by atoms with Gasteiger partial charge in [0.2, 0.25) is 0 Å². The maximum atomic E-state index is 13.2. The highest BCUT2D eigenvalue weighted by molar-refractivity contribution is 6.30. The molecule has 1 heterocycles. The smallest absolute Gasteiger partial charge is 0.321 e. The van der Waals surface area contributed by atoms with Crippen LogP contribution in [0.25, 0.3) is 10.9 Å². The molecule has 0 unspecified atom stereocenters. The van der Waals surface area contributed by atoms with Crippen molar-refractivity contribution in [3.05, 3.63) is 70.4 Å². The molecule has 0 saturated carbocycles. The van der Waals surface area contributed by atoms with Crippen molar-refractivity contribution in [2.75, 3.05) is 0 Å². The number of aliphatic carboxylic acids is 2. The number of hydrogen-bond acceptors (Lipinski definition) is 3. The van der Waals surface area contributed by atoms with Crippen molar-refractivity contribution in [2.24, 2.45) is 5.41 Å². The van der Waals surface area contributed by atoms with E-state index >= 15 is 0 Å². The van der Waals surface area contributed by atoms with Gasteiger partial charge in [-0.25, -0.2) is 0 Å². The van der Waals surface area contributed by atoms with Crippen LogP contribution in [-0.4, -0.2) is 32.6 Å². The SMILES string of the molecule is O=C(c1ccc(Cl)cc1)n1c2c(c3ccccc31)CC(C(=O)O)(C(=O)O)CC2. The van der Waals surface area contributed by atoms with E-state index < -0.39 is 17.4 Å². The second-order valence-electron chi connectivity index (χ2n) is 6.96. The Morgan fingerprint density at radius 1 is 0.964 bits per heavy atom. The van der Waals surface area contributed by atoms with Gasteiger partial charge in [-0.15, -0.1) is 0 Å². The Kier molecular flexibility index (Phi) is 4.23. The first-order valence-electron chi connectivity index (χ1n) is 8.73. The van der Waals surface area contributed by atoms with Gasteiger partial charge in [-0.2, -0.15) is 0 Å². The number of aromatic nitrogens is 1. The fourth-order valence-electron chi connectivity index (χ4n) is 3.95. The zero-order valence-electron chi connectivity index (χ0n) is 14.7. The van der Waals surface area contributed by atoms with Gasteiger partial charge in [-0.1, -0.05) is 29.8 Å². The summed E-state index contributed by atoms with van der Waals surface area (Å²) in [6, 6.07) is 13.7. The van der Waals surface area contributed by atoms with Crippen LogP contribution in [0.2, 0.25) is 5.02 Å². The zero-order valence-corrected chi connectivity index (χ0v) is 15.4. The van der Waals surface area contributed by atoms with E-state index in [-0.39, 0.29) is 25.2 Å². The van der Waals surface area contributed by atoms with E-state index in [0.29, 0.717) is 32.7 Å². The molecule has 0 fully saturated rings. The normalized spacial score (nSPS) is 15.2. The Balaban J connectivity index is 1.92. The zero-order chi connectivity index (χ0) is 20.1. The van der Waals surface area contributed by atoms with Gasteiger partial charge in [0.25, 0.3) is 5.91 Å². The Morgan fingerprint density at radius 3 is 2.25 bits per heavy atom. The predicted octanol–water partition coefficient (Wildman–Crippen LogP) is 3.63. The van der Waals surface area contributed by atoms with Crippen molar-refractivity contribution >= 4 is 40.3 Å². The Morgan fingerprint density at radius 2 is 1.61 bits per heavy atom. The number of carboxylic acid groups (broad SMARTS) is 2. The number of rotatable bonds is 3. The lowest BCUT2D eigenvalue weighted by Gasteiger charge is -2.29. The first-order valence-corrected chi connectivity index (χ1v) is 9.11. The average molecular weight is 398 g/mol. The summed E-state index contributed by atoms with van der Waals surface area (Å²) in [5.74, 6) is -2.97. The molecule has 0 aliphatic heterocycles. The molecule has 2 N–H and O–H groups in total. The fraction of sp³-hybridized carbons (Fsp3) is 0.190. The summed E-state index contributed by atoms with van der Waals surface area (Å²) in [7, 11) is 0. The highest BCUT2D eigenvalue weighted by Gasteiger charge is 2.50. The maximum absolute atomic E-state index is 13.2. The van der Waals surface area contributed by atoms with E-state index in [1.807, 2.05) is 0 Å². The standard InChI is InChI=1S/C21H16ClNO5/c22-13-7-5-12(6-8-13)18(24)23-16-4-2-1-3-14(16)15-11-21(19(25)26,20(27)28)10-9-17(15)23/h1-8H,9-11H2,(H,25,26)(H,27,28).